The molecule has 0 aliphatic heterocycles. The third kappa shape index (κ3) is 3.82. The van der Waals surface area contributed by atoms with Crippen LogP contribution in [0.2, 0.25) is 0 Å². The van der Waals surface area contributed by atoms with Crippen molar-refractivity contribution >= 4 is 37.8 Å². The van der Waals surface area contributed by atoms with Crippen molar-refractivity contribution in [3.63, 3.8) is 0 Å². The maximum atomic E-state index is 12.2. The van der Waals surface area contributed by atoms with Crippen LogP contribution in [0.3, 0.4) is 0 Å². The molecule has 1 aliphatic rings. The quantitative estimate of drug-likeness (QED) is 0.779. The summed E-state index contributed by atoms with van der Waals surface area (Å²) in [6.45, 7) is 3.03. The average Bonchev–Trinajstić information content (AvgIpc) is 2.84. The fourth-order valence-electron chi connectivity index (χ4n) is 2.84. The molecule has 1 saturated carbocycles. The smallest absolute Gasteiger partial charge is 0.251 e. The van der Waals surface area contributed by atoms with Crippen LogP contribution in [0.4, 0.5) is 0 Å². The highest BCUT2D eigenvalue weighted by atomic mass is 79.9. The highest BCUT2D eigenvalue weighted by Crippen LogP contribution is 2.40. The lowest BCUT2D eigenvalue weighted by Crippen LogP contribution is -2.35. The van der Waals surface area contributed by atoms with Crippen LogP contribution in [0.1, 0.15) is 49.4 Å². The van der Waals surface area contributed by atoms with Crippen molar-refractivity contribution in [2.45, 2.75) is 39.0 Å². The Morgan fingerprint density at radius 2 is 1.79 bits per heavy atom. The van der Waals surface area contributed by atoms with Crippen molar-refractivity contribution in [3.8, 4) is 0 Å². The van der Waals surface area contributed by atoms with Crippen LogP contribution in [0.5, 0.6) is 0 Å². The number of carbonyl (C=O) groups excluding carboxylic acids is 1. The molecule has 1 fully saturated rings. The molecule has 1 aromatic carbocycles. The van der Waals surface area contributed by atoms with Gasteiger partial charge in [0, 0.05) is 21.1 Å². The van der Waals surface area contributed by atoms with E-state index in [1.165, 1.54) is 25.7 Å². The van der Waals surface area contributed by atoms with E-state index in [1.807, 2.05) is 18.2 Å². The minimum atomic E-state index is 0.0155. The van der Waals surface area contributed by atoms with E-state index in [2.05, 4.69) is 44.1 Å². The Balaban J connectivity index is 2.01. The van der Waals surface area contributed by atoms with Gasteiger partial charge in [-0.2, -0.15) is 0 Å². The molecule has 2 rings (SSSR count). The number of carbonyl (C=O) groups is 1. The Labute approximate surface area is 131 Å². The topological polar surface area (TPSA) is 29.1 Å². The standard InChI is InChI=1S/C15H19Br2NO/c1-2-15(5-3-4-6-15)10-18-14(19)11-7-12(16)9-13(17)8-11/h7-9H,2-6,10H2,1H3,(H,18,19). The molecule has 104 valence electrons. The summed E-state index contributed by atoms with van der Waals surface area (Å²) in [5.41, 5.74) is 1.03. The lowest BCUT2D eigenvalue weighted by atomic mass is 9.83. The first kappa shape index (κ1) is 15.0. The SMILES string of the molecule is CCC1(CNC(=O)c2cc(Br)cc(Br)c2)CCCC1. The summed E-state index contributed by atoms with van der Waals surface area (Å²) in [5, 5.41) is 3.11. The predicted molar refractivity (Wildman–Crippen MR) is 85.4 cm³/mol. The lowest BCUT2D eigenvalue weighted by Gasteiger charge is -2.27. The van der Waals surface area contributed by atoms with E-state index in [-0.39, 0.29) is 5.91 Å². The van der Waals surface area contributed by atoms with E-state index in [4.69, 9.17) is 0 Å². The van der Waals surface area contributed by atoms with Crippen LogP contribution in [0.25, 0.3) is 0 Å². The highest BCUT2D eigenvalue weighted by molar-refractivity contribution is 9.11. The van der Waals surface area contributed by atoms with E-state index in [0.29, 0.717) is 11.0 Å². The van der Waals surface area contributed by atoms with Crippen LogP contribution < -0.4 is 5.32 Å². The monoisotopic (exact) mass is 387 g/mol. The summed E-state index contributed by atoms with van der Waals surface area (Å²) < 4.78 is 1.83. The maximum Gasteiger partial charge on any atom is 0.251 e. The zero-order valence-electron chi connectivity index (χ0n) is 11.1. The van der Waals surface area contributed by atoms with E-state index in [1.54, 1.807) is 0 Å². The van der Waals surface area contributed by atoms with Gasteiger partial charge in [0.05, 0.1) is 0 Å². The molecular weight excluding hydrogens is 370 g/mol. The second-order valence-electron chi connectivity index (χ2n) is 5.40. The van der Waals surface area contributed by atoms with Crippen molar-refractivity contribution < 1.29 is 4.79 Å². The van der Waals surface area contributed by atoms with E-state index in [0.717, 1.165) is 21.9 Å². The molecule has 4 heteroatoms. The zero-order valence-corrected chi connectivity index (χ0v) is 14.3. The largest absolute Gasteiger partial charge is 0.351 e. The molecular formula is C15H19Br2NO. The van der Waals surface area contributed by atoms with Gasteiger partial charge in [0.15, 0.2) is 0 Å². The molecule has 0 atom stereocenters. The number of halogens is 2. The number of hydrogen-bond donors (Lipinski definition) is 1. The lowest BCUT2D eigenvalue weighted by molar-refractivity contribution is 0.0928. The molecule has 2 nitrogen and oxygen atoms in total. The predicted octanol–water partition coefficient (Wildman–Crippen LogP) is 4.91. The van der Waals surface area contributed by atoms with Crippen LogP contribution in [0, 0.1) is 5.41 Å². The minimum absolute atomic E-state index is 0.0155. The molecule has 1 amide bonds. The van der Waals surface area contributed by atoms with Gasteiger partial charge in [0.25, 0.3) is 5.91 Å². The Bertz CT molecular complexity index is 447. The minimum Gasteiger partial charge on any atom is -0.351 e. The second-order valence-corrected chi connectivity index (χ2v) is 7.23. The summed E-state index contributed by atoms with van der Waals surface area (Å²) in [4.78, 5) is 12.2. The van der Waals surface area contributed by atoms with Gasteiger partial charge in [0.1, 0.15) is 0 Å². The van der Waals surface area contributed by atoms with Gasteiger partial charge in [-0.15, -0.1) is 0 Å². The molecule has 0 heterocycles. The van der Waals surface area contributed by atoms with Gasteiger partial charge in [-0.3, -0.25) is 4.79 Å². The van der Waals surface area contributed by atoms with Crippen LogP contribution in [0.15, 0.2) is 27.1 Å². The van der Waals surface area contributed by atoms with Gasteiger partial charge in [-0.05, 0) is 42.9 Å². The molecule has 1 N–H and O–H groups in total. The number of nitrogens with one attached hydrogen (secondary N) is 1. The van der Waals surface area contributed by atoms with E-state index >= 15 is 0 Å². The Kier molecular flexibility index (Phi) is 5.07. The van der Waals surface area contributed by atoms with Gasteiger partial charge >= 0.3 is 0 Å². The van der Waals surface area contributed by atoms with Crippen LogP contribution in [-0.4, -0.2) is 12.5 Å². The van der Waals surface area contributed by atoms with Crippen molar-refractivity contribution in [2.75, 3.05) is 6.54 Å². The molecule has 1 aromatic rings. The summed E-state index contributed by atoms with van der Waals surface area (Å²) in [6, 6.07) is 5.64. The summed E-state index contributed by atoms with van der Waals surface area (Å²) >= 11 is 6.83. The Morgan fingerprint density at radius 1 is 1.21 bits per heavy atom. The van der Waals surface area contributed by atoms with Gasteiger partial charge < -0.3 is 5.32 Å². The first-order valence-electron chi connectivity index (χ1n) is 6.79. The molecule has 0 aromatic heterocycles. The van der Waals surface area contributed by atoms with Gasteiger partial charge in [-0.25, -0.2) is 0 Å². The first-order chi connectivity index (χ1) is 9.04. The van der Waals surface area contributed by atoms with Crippen molar-refractivity contribution in [3.05, 3.63) is 32.7 Å². The fraction of sp³-hybridized carbons (Fsp3) is 0.533. The summed E-state index contributed by atoms with van der Waals surface area (Å²) in [7, 11) is 0. The summed E-state index contributed by atoms with van der Waals surface area (Å²) in [6.07, 6.45) is 6.23. The number of amides is 1. The molecule has 0 spiro atoms. The van der Waals surface area contributed by atoms with Crippen LogP contribution in [-0.2, 0) is 0 Å². The Morgan fingerprint density at radius 3 is 2.32 bits per heavy atom. The van der Waals surface area contributed by atoms with Crippen molar-refractivity contribution in [1.82, 2.24) is 5.32 Å². The first-order valence-corrected chi connectivity index (χ1v) is 8.38. The third-order valence-electron chi connectivity index (χ3n) is 4.16. The fourth-order valence-corrected chi connectivity index (χ4v) is 4.13. The van der Waals surface area contributed by atoms with E-state index in [9.17, 15) is 4.79 Å². The van der Waals surface area contributed by atoms with Gasteiger partial charge in [0.2, 0.25) is 0 Å². The molecule has 0 saturated heterocycles. The highest BCUT2D eigenvalue weighted by Gasteiger charge is 2.32. The van der Waals surface area contributed by atoms with Crippen molar-refractivity contribution in [1.29, 1.82) is 0 Å². The molecule has 0 bridgehead atoms. The average molecular weight is 389 g/mol. The zero-order chi connectivity index (χ0) is 13.9. The van der Waals surface area contributed by atoms with Gasteiger partial charge in [-0.1, -0.05) is 51.6 Å². The normalized spacial score (nSPS) is 17.4. The van der Waals surface area contributed by atoms with Crippen LogP contribution >= 0.6 is 31.9 Å². The number of benzene rings is 1. The van der Waals surface area contributed by atoms with Crippen molar-refractivity contribution in [2.24, 2.45) is 5.41 Å². The Hall–Kier alpha value is -0.350. The molecule has 19 heavy (non-hydrogen) atoms. The number of hydrogen-bond acceptors (Lipinski definition) is 1. The number of rotatable bonds is 4. The second kappa shape index (κ2) is 6.40. The third-order valence-corrected chi connectivity index (χ3v) is 5.08. The molecule has 0 unspecified atom stereocenters. The molecule has 1 aliphatic carbocycles. The summed E-state index contributed by atoms with van der Waals surface area (Å²) in [5.74, 6) is 0.0155. The van der Waals surface area contributed by atoms with E-state index < -0.39 is 0 Å². The maximum absolute atomic E-state index is 12.2. The molecule has 0 radical (unpaired) electrons.